The third-order valence-electron chi connectivity index (χ3n) is 3.90. The number of guanidine groups is 1. The van der Waals surface area contributed by atoms with Crippen LogP contribution in [-0.2, 0) is 14.2 Å². The van der Waals surface area contributed by atoms with E-state index in [-0.39, 0.29) is 0 Å². The van der Waals surface area contributed by atoms with Gasteiger partial charge in [-0.1, -0.05) is 0 Å². The molecule has 0 aromatic carbocycles. The highest BCUT2D eigenvalue weighted by atomic mass is 16.5. The summed E-state index contributed by atoms with van der Waals surface area (Å²) in [4.78, 5) is 6.83. The highest BCUT2D eigenvalue weighted by Crippen LogP contribution is 2.12. The van der Waals surface area contributed by atoms with Crippen LogP contribution in [0.25, 0.3) is 0 Å². The molecule has 1 heterocycles. The van der Waals surface area contributed by atoms with E-state index in [4.69, 9.17) is 14.2 Å². The van der Waals surface area contributed by atoms with Gasteiger partial charge in [0.05, 0.1) is 19.8 Å². The first-order valence-corrected chi connectivity index (χ1v) is 9.11. The van der Waals surface area contributed by atoms with Crippen LogP contribution in [0.3, 0.4) is 0 Å². The molecule has 0 aromatic heterocycles. The van der Waals surface area contributed by atoms with Crippen molar-refractivity contribution in [1.82, 2.24) is 15.5 Å². The number of nitrogens with zero attached hydrogens (tertiary/aromatic N) is 2. The van der Waals surface area contributed by atoms with Crippen LogP contribution in [0.4, 0.5) is 0 Å². The first kappa shape index (κ1) is 21.2. The van der Waals surface area contributed by atoms with Crippen LogP contribution in [-0.4, -0.2) is 90.8 Å². The molecule has 1 fully saturated rings. The van der Waals surface area contributed by atoms with Gasteiger partial charge in [-0.25, -0.2) is 0 Å². The van der Waals surface area contributed by atoms with Gasteiger partial charge in [-0.05, 0) is 26.8 Å². The maximum Gasteiger partial charge on any atom is 0.191 e. The van der Waals surface area contributed by atoms with Crippen molar-refractivity contribution in [2.75, 3.05) is 79.9 Å². The summed E-state index contributed by atoms with van der Waals surface area (Å²) in [6.45, 7) is 10.6. The van der Waals surface area contributed by atoms with Gasteiger partial charge in [0, 0.05) is 59.0 Å². The van der Waals surface area contributed by atoms with E-state index in [2.05, 4.69) is 34.5 Å². The third kappa shape index (κ3) is 10.8. The minimum atomic E-state index is 0.586. The predicted molar refractivity (Wildman–Crippen MR) is 97.7 cm³/mol. The zero-order chi connectivity index (χ0) is 17.5. The van der Waals surface area contributed by atoms with Crippen molar-refractivity contribution in [1.29, 1.82) is 0 Å². The molecule has 0 aromatic rings. The van der Waals surface area contributed by atoms with Gasteiger partial charge < -0.3 is 29.7 Å². The lowest BCUT2D eigenvalue weighted by molar-refractivity contribution is 0.0893. The number of hydrogen-bond acceptors (Lipinski definition) is 5. The predicted octanol–water partition coefficient (Wildman–Crippen LogP) is 0.563. The van der Waals surface area contributed by atoms with E-state index in [9.17, 15) is 0 Å². The van der Waals surface area contributed by atoms with Crippen LogP contribution in [0.2, 0.25) is 0 Å². The maximum absolute atomic E-state index is 5.70. The van der Waals surface area contributed by atoms with Crippen molar-refractivity contribution in [2.24, 2.45) is 10.9 Å². The molecule has 0 aliphatic carbocycles. The summed E-state index contributed by atoms with van der Waals surface area (Å²) in [5.41, 5.74) is 0. The van der Waals surface area contributed by atoms with Gasteiger partial charge in [0.2, 0.25) is 0 Å². The van der Waals surface area contributed by atoms with Crippen LogP contribution >= 0.6 is 0 Å². The van der Waals surface area contributed by atoms with E-state index in [0.29, 0.717) is 5.92 Å². The molecule has 1 unspecified atom stereocenters. The number of likely N-dealkylation sites (N-methyl/N-ethyl adjacent to an activating group) is 1. The molecule has 0 saturated carbocycles. The second-order valence-electron chi connectivity index (χ2n) is 6.14. The van der Waals surface area contributed by atoms with E-state index < -0.39 is 0 Å². The average molecular weight is 345 g/mol. The Bertz CT molecular complexity index is 323. The third-order valence-corrected chi connectivity index (χ3v) is 3.90. The fourth-order valence-electron chi connectivity index (χ4n) is 2.39. The van der Waals surface area contributed by atoms with Gasteiger partial charge in [0.1, 0.15) is 0 Å². The Morgan fingerprint density at radius 3 is 2.88 bits per heavy atom. The van der Waals surface area contributed by atoms with E-state index in [1.165, 1.54) is 0 Å². The Labute approximate surface area is 147 Å². The molecule has 7 heteroatoms. The first-order chi connectivity index (χ1) is 11.8. The SMILES string of the molecule is CCNC(=NCCCOCC1CCOC1)NCCN(C)CCOC. The van der Waals surface area contributed by atoms with E-state index >= 15 is 0 Å². The minimum Gasteiger partial charge on any atom is -0.383 e. The van der Waals surface area contributed by atoms with Crippen molar-refractivity contribution in [3.63, 3.8) is 0 Å². The van der Waals surface area contributed by atoms with Gasteiger partial charge in [0.25, 0.3) is 0 Å². The number of aliphatic imine (C=N–C) groups is 1. The molecule has 2 N–H and O–H groups in total. The molecule has 1 aliphatic heterocycles. The van der Waals surface area contributed by atoms with Gasteiger partial charge in [-0.2, -0.15) is 0 Å². The van der Waals surface area contributed by atoms with E-state index in [0.717, 1.165) is 84.6 Å². The van der Waals surface area contributed by atoms with Gasteiger partial charge in [0.15, 0.2) is 5.96 Å². The molecule has 24 heavy (non-hydrogen) atoms. The van der Waals surface area contributed by atoms with E-state index in [1.807, 2.05) is 0 Å². The molecular weight excluding hydrogens is 308 g/mol. The largest absolute Gasteiger partial charge is 0.383 e. The zero-order valence-electron chi connectivity index (χ0n) is 15.7. The molecule has 1 atom stereocenters. The summed E-state index contributed by atoms with van der Waals surface area (Å²) >= 11 is 0. The molecule has 142 valence electrons. The molecule has 1 aliphatic rings. The number of rotatable bonds is 13. The Kier molecular flexibility index (Phi) is 12.7. The van der Waals surface area contributed by atoms with Crippen LogP contribution in [0.5, 0.6) is 0 Å². The van der Waals surface area contributed by atoms with Crippen molar-refractivity contribution < 1.29 is 14.2 Å². The van der Waals surface area contributed by atoms with Crippen molar-refractivity contribution in [2.45, 2.75) is 19.8 Å². The smallest absolute Gasteiger partial charge is 0.191 e. The average Bonchev–Trinajstić information content (AvgIpc) is 3.09. The summed E-state index contributed by atoms with van der Waals surface area (Å²) in [6, 6.07) is 0. The van der Waals surface area contributed by atoms with Crippen LogP contribution < -0.4 is 10.6 Å². The Hall–Kier alpha value is -0.890. The van der Waals surface area contributed by atoms with Crippen LogP contribution in [0.15, 0.2) is 4.99 Å². The fraction of sp³-hybridized carbons (Fsp3) is 0.941. The molecule has 1 rings (SSSR count). The summed E-state index contributed by atoms with van der Waals surface area (Å²) in [5.74, 6) is 1.46. The normalized spacial score (nSPS) is 18.3. The second-order valence-corrected chi connectivity index (χ2v) is 6.14. The molecule has 0 bridgehead atoms. The van der Waals surface area contributed by atoms with Crippen molar-refractivity contribution >= 4 is 5.96 Å². The lowest BCUT2D eigenvalue weighted by Gasteiger charge is -2.17. The molecule has 0 radical (unpaired) electrons. The molecule has 0 spiro atoms. The lowest BCUT2D eigenvalue weighted by atomic mass is 10.1. The number of ether oxygens (including phenoxy) is 3. The Morgan fingerprint density at radius 2 is 2.17 bits per heavy atom. The van der Waals surface area contributed by atoms with E-state index in [1.54, 1.807) is 7.11 Å². The Morgan fingerprint density at radius 1 is 1.29 bits per heavy atom. The van der Waals surface area contributed by atoms with Gasteiger partial charge >= 0.3 is 0 Å². The highest BCUT2D eigenvalue weighted by molar-refractivity contribution is 5.79. The lowest BCUT2D eigenvalue weighted by Crippen LogP contribution is -2.41. The number of nitrogens with one attached hydrogen (secondary N) is 2. The van der Waals surface area contributed by atoms with Gasteiger partial charge in [-0.3, -0.25) is 4.99 Å². The Balaban J connectivity index is 2.07. The number of hydrogen-bond donors (Lipinski definition) is 2. The van der Waals surface area contributed by atoms with Crippen LogP contribution in [0.1, 0.15) is 19.8 Å². The van der Waals surface area contributed by atoms with Crippen LogP contribution in [0, 0.1) is 5.92 Å². The highest BCUT2D eigenvalue weighted by Gasteiger charge is 2.15. The summed E-state index contributed by atoms with van der Waals surface area (Å²) in [6.07, 6.45) is 2.07. The minimum absolute atomic E-state index is 0.586. The summed E-state index contributed by atoms with van der Waals surface area (Å²) in [5, 5.41) is 6.64. The van der Waals surface area contributed by atoms with Gasteiger partial charge in [-0.15, -0.1) is 0 Å². The standard InChI is InChI=1S/C17H36N4O3/c1-4-18-17(20-8-9-21(2)10-13-22-3)19-7-5-11-23-14-16-6-12-24-15-16/h16H,4-15H2,1-3H3,(H2,18,19,20). The second kappa shape index (κ2) is 14.5. The zero-order valence-corrected chi connectivity index (χ0v) is 15.7. The number of methoxy groups -OCH3 is 1. The molecule has 0 amide bonds. The van der Waals surface area contributed by atoms with Crippen molar-refractivity contribution in [3.05, 3.63) is 0 Å². The first-order valence-electron chi connectivity index (χ1n) is 9.11. The monoisotopic (exact) mass is 344 g/mol. The maximum atomic E-state index is 5.70. The topological polar surface area (TPSA) is 67.4 Å². The van der Waals surface area contributed by atoms with Crippen molar-refractivity contribution in [3.8, 4) is 0 Å². The molecule has 1 saturated heterocycles. The molecule has 7 nitrogen and oxygen atoms in total. The quantitative estimate of drug-likeness (QED) is 0.289. The summed E-state index contributed by atoms with van der Waals surface area (Å²) < 4.78 is 16.1. The fourth-order valence-corrected chi connectivity index (χ4v) is 2.39. The summed E-state index contributed by atoms with van der Waals surface area (Å²) in [7, 11) is 3.82. The molecular formula is C17H36N4O3.